The van der Waals surface area contributed by atoms with Crippen molar-refractivity contribution in [1.29, 1.82) is 0 Å². The first-order valence-corrected chi connectivity index (χ1v) is 6.06. The molecule has 0 spiro atoms. The normalized spacial score (nSPS) is 20.9. The molecule has 2 heterocycles. The summed E-state index contributed by atoms with van der Waals surface area (Å²) in [5, 5.41) is 9.10. The lowest BCUT2D eigenvalue weighted by Crippen LogP contribution is -2.37. The Morgan fingerprint density at radius 2 is 2.16 bits per heavy atom. The van der Waals surface area contributed by atoms with E-state index in [0.29, 0.717) is 24.3 Å². The lowest BCUT2D eigenvalue weighted by molar-refractivity contribution is -0.146. The van der Waals surface area contributed by atoms with E-state index in [1.165, 1.54) is 4.90 Å². The quantitative estimate of drug-likeness (QED) is 0.880. The minimum Gasteiger partial charge on any atom is -0.480 e. The highest BCUT2D eigenvalue weighted by Gasteiger charge is 2.35. The smallest absolute Gasteiger partial charge is 0.326 e. The van der Waals surface area contributed by atoms with Gasteiger partial charge in [-0.2, -0.15) is 0 Å². The molecule has 1 N–H and O–H groups in total. The van der Waals surface area contributed by atoms with Crippen LogP contribution >= 0.6 is 0 Å². The van der Waals surface area contributed by atoms with Crippen LogP contribution in [0.3, 0.4) is 0 Å². The van der Waals surface area contributed by atoms with Crippen molar-refractivity contribution in [1.82, 2.24) is 4.90 Å². The maximum atomic E-state index is 11.7. The van der Waals surface area contributed by atoms with Gasteiger partial charge in [-0.25, -0.2) is 4.79 Å². The number of amides is 1. The average Bonchev–Trinajstić information content (AvgIpc) is 2.97. The summed E-state index contributed by atoms with van der Waals surface area (Å²) in [4.78, 5) is 24.2. The van der Waals surface area contributed by atoms with E-state index in [1.807, 2.05) is 6.07 Å². The summed E-state index contributed by atoms with van der Waals surface area (Å²) >= 11 is 0. The summed E-state index contributed by atoms with van der Waals surface area (Å²) in [5.41, 5.74) is 0.839. The molecule has 0 aliphatic carbocycles. The number of benzene rings is 1. The SMILES string of the molecule is O=C(O)[C@@H]1CCC(=O)N1Cc1ccc2c(c1)OCO2. The van der Waals surface area contributed by atoms with E-state index in [-0.39, 0.29) is 19.2 Å². The molecule has 1 atom stereocenters. The Labute approximate surface area is 109 Å². The third-order valence-electron chi connectivity index (χ3n) is 3.40. The van der Waals surface area contributed by atoms with Crippen molar-refractivity contribution in [3.05, 3.63) is 23.8 Å². The van der Waals surface area contributed by atoms with Crippen molar-refractivity contribution in [3.63, 3.8) is 0 Å². The second kappa shape index (κ2) is 4.46. The van der Waals surface area contributed by atoms with Gasteiger partial charge in [0.15, 0.2) is 11.5 Å². The molecule has 1 fully saturated rings. The minimum absolute atomic E-state index is 0.120. The maximum Gasteiger partial charge on any atom is 0.326 e. The van der Waals surface area contributed by atoms with Gasteiger partial charge in [0.1, 0.15) is 6.04 Å². The zero-order valence-electron chi connectivity index (χ0n) is 10.2. The Hall–Kier alpha value is -2.24. The number of fused-ring (bicyclic) bond motifs is 1. The van der Waals surface area contributed by atoms with Crippen molar-refractivity contribution in [2.45, 2.75) is 25.4 Å². The van der Waals surface area contributed by atoms with Crippen LogP contribution in [-0.2, 0) is 16.1 Å². The fraction of sp³-hybridized carbons (Fsp3) is 0.385. The molecule has 100 valence electrons. The summed E-state index contributed by atoms with van der Waals surface area (Å²) in [7, 11) is 0. The summed E-state index contributed by atoms with van der Waals surface area (Å²) in [5.74, 6) is 0.235. The number of carboxylic acid groups (broad SMARTS) is 1. The summed E-state index contributed by atoms with van der Waals surface area (Å²) in [6.45, 7) is 0.478. The van der Waals surface area contributed by atoms with Gasteiger partial charge < -0.3 is 19.5 Å². The van der Waals surface area contributed by atoms with Gasteiger partial charge in [-0.1, -0.05) is 6.07 Å². The van der Waals surface area contributed by atoms with E-state index in [2.05, 4.69) is 0 Å². The number of ether oxygens (including phenoxy) is 2. The number of carbonyl (C=O) groups excluding carboxylic acids is 1. The van der Waals surface area contributed by atoms with Crippen LogP contribution in [-0.4, -0.2) is 34.7 Å². The Kier molecular flexibility index (Phi) is 2.77. The van der Waals surface area contributed by atoms with Crippen LogP contribution in [0.2, 0.25) is 0 Å². The van der Waals surface area contributed by atoms with Crippen LogP contribution in [0.4, 0.5) is 0 Å². The zero-order valence-corrected chi connectivity index (χ0v) is 10.2. The maximum absolute atomic E-state index is 11.7. The van der Waals surface area contributed by atoms with Crippen LogP contribution < -0.4 is 9.47 Å². The lowest BCUT2D eigenvalue weighted by Gasteiger charge is -2.21. The second-order valence-corrected chi connectivity index (χ2v) is 4.60. The second-order valence-electron chi connectivity index (χ2n) is 4.60. The van der Waals surface area contributed by atoms with Gasteiger partial charge in [0, 0.05) is 13.0 Å². The van der Waals surface area contributed by atoms with Gasteiger partial charge >= 0.3 is 5.97 Å². The molecule has 19 heavy (non-hydrogen) atoms. The molecule has 3 rings (SSSR count). The number of hydrogen-bond acceptors (Lipinski definition) is 4. The third-order valence-corrected chi connectivity index (χ3v) is 3.40. The van der Waals surface area contributed by atoms with Crippen LogP contribution in [0, 0.1) is 0 Å². The van der Waals surface area contributed by atoms with Gasteiger partial charge in [-0.05, 0) is 24.1 Å². The molecule has 1 aromatic carbocycles. The molecule has 0 unspecified atom stereocenters. The Morgan fingerprint density at radius 1 is 1.37 bits per heavy atom. The fourth-order valence-corrected chi connectivity index (χ4v) is 2.42. The van der Waals surface area contributed by atoms with Crippen LogP contribution in [0.25, 0.3) is 0 Å². The number of nitrogens with zero attached hydrogens (tertiary/aromatic N) is 1. The number of carbonyl (C=O) groups is 2. The molecule has 0 bridgehead atoms. The van der Waals surface area contributed by atoms with Crippen molar-refractivity contribution in [3.8, 4) is 11.5 Å². The molecule has 2 aliphatic heterocycles. The molecule has 6 heteroatoms. The predicted octanol–water partition coefficient (Wildman–Crippen LogP) is 0.991. The molecular weight excluding hydrogens is 250 g/mol. The molecule has 2 aliphatic rings. The third kappa shape index (κ3) is 2.09. The molecule has 0 aromatic heterocycles. The summed E-state index contributed by atoms with van der Waals surface area (Å²) < 4.78 is 10.5. The largest absolute Gasteiger partial charge is 0.480 e. The molecule has 1 amide bonds. The topological polar surface area (TPSA) is 76.1 Å². The monoisotopic (exact) mass is 263 g/mol. The highest BCUT2D eigenvalue weighted by Crippen LogP contribution is 2.33. The first-order chi connectivity index (χ1) is 9.15. The molecule has 6 nitrogen and oxygen atoms in total. The fourth-order valence-electron chi connectivity index (χ4n) is 2.42. The number of carboxylic acids is 1. The summed E-state index contributed by atoms with van der Waals surface area (Å²) in [6, 6.07) is 4.65. The van der Waals surface area contributed by atoms with Crippen LogP contribution in [0.5, 0.6) is 11.5 Å². The predicted molar refractivity (Wildman–Crippen MR) is 63.8 cm³/mol. The Morgan fingerprint density at radius 3 is 2.95 bits per heavy atom. The van der Waals surface area contributed by atoms with Crippen molar-refractivity contribution < 1.29 is 24.2 Å². The van der Waals surface area contributed by atoms with Gasteiger partial charge in [0.05, 0.1) is 0 Å². The van der Waals surface area contributed by atoms with E-state index >= 15 is 0 Å². The number of aliphatic carboxylic acids is 1. The number of hydrogen-bond donors (Lipinski definition) is 1. The lowest BCUT2D eigenvalue weighted by atomic mass is 10.1. The van der Waals surface area contributed by atoms with Gasteiger partial charge in [-0.15, -0.1) is 0 Å². The molecular formula is C13H13NO5. The number of likely N-dealkylation sites (tertiary alicyclic amines) is 1. The van der Waals surface area contributed by atoms with E-state index < -0.39 is 12.0 Å². The van der Waals surface area contributed by atoms with E-state index in [1.54, 1.807) is 12.1 Å². The van der Waals surface area contributed by atoms with Gasteiger partial charge in [-0.3, -0.25) is 4.79 Å². The van der Waals surface area contributed by atoms with Crippen molar-refractivity contribution in [2.75, 3.05) is 6.79 Å². The number of rotatable bonds is 3. The molecule has 0 saturated carbocycles. The first kappa shape index (κ1) is 11.8. The Bertz CT molecular complexity index is 542. The zero-order chi connectivity index (χ0) is 13.4. The summed E-state index contributed by atoms with van der Waals surface area (Å²) in [6.07, 6.45) is 0.667. The average molecular weight is 263 g/mol. The highest BCUT2D eigenvalue weighted by atomic mass is 16.7. The van der Waals surface area contributed by atoms with Gasteiger partial charge in [0.25, 0.3) is 0 Å². The minimum atomic E-state index is -0.952. The van der Waals surface area contributed by atoms with E-state index in [4.69, 9.17) is 14.6 Å². The highest BCUT2D eigenvalue weighted by molar-refractivity contribution is 5.87. The van der Waals surface area contributed by atoms with Gasteiger partial charge in [0.2, 0.25) is 12.7 Å². The van der Waals surface area contributed by atoms with Crippen LogP contribution in [0.15, 0.2) is 18.2 Å². The molecule has 1 aromatic rings. The van der Waals surface area contributed by atoms with E-state index in [9.17, 15) is 9.59 Å². The molecule has 0 radical (unpaired) electrons. The first-order valence-electron chi connectivity index (χ1n) is 6.06. The van der Waals surface area contributed by atoms with Crippen LogP contribution in [0.1, 0.15) is 18.4 Å². The van der Waals surface area contributed by atoms with Crippen molar-refractivity contribution >= 4 is 11.9 Å². The Balaban J connectivity index is 1.80. The van der Waals surface area contributed by atoms with Crippen molar-refractivity contribution in [2.24, 2.45) is 0 Å². The molecule has 1 saturated heterocycles. The standard InChI is InChI=1S/C13H13NO5/c15-12-4-2-9(13(16)17)14(12)6-8-1-3-10-11(5-8)19-7-18-10/h1,3,5,9H,2,4,6-7H2,(H,16,17)/t9-/m0/s1. The van der Waals surface area contributed by atoms with E-state index in [0.717, 1.165) is 5.56 Å².